The van der Waals surface area contributed by atoms with Gasteiger partial charge in [-0.15, -0.1) is 0 Å². The molecule has 108 valence electrons. The zero-order valence-electron chi connectivity index (χ0n) is 12.7. The van der Waals surface area contributed by atoms with E-state index in [-0.39, 0.29) is 0 Å². The summed E-state index contributed by atoms with van der Waals surface area (Å²) < 4.78 is 5.76. The normalized spacial score (nSPS) is 27.3. The first kappa shape index (κ1) is 15.9. The summed E-state index contributed by atoms with van der Waals surface area (Å²) in [6.07, 6.45) is 5.52. The molecule has 0 spiro atoms. The number of ether oxygens (including phenoxy) is 1. The third kappa shape index (κ3) is 5.25. The molecule has 0 saturated carbocycles. The lowest BCUT2D eigenvalue weighted by Crippen LogP contribution is -2.54. The van der Waals surface area contributed by atoms with E-state index in [1.54, 1.807) is 0 Å². The van der Waals surface area contributed by atoms with Gasteiger partial charge in [-0.25, -0.2) is 0 Å². The number of rotatable bonds is 8. The van der Waals surface area contributed by atoms with Crippen molar-refractivity contribution < 1.29 is 4.74 Å². The van der Waals surface area contributed by atoms with Crippen LogP contribution < -0.4 is 5.32 Å². The van der Waals surface area contributed by atoms with Gasteiger partial charge in [-0.3, -0.25) is 4.90 Å². The van der Waals surface area contributed by atoms with Crippen LogP contribution in [-0.2, 0) is 4.74 Å². The molecule has 0 aliphatic carbocycles. The highest BCUT2D eigenvalue weighted by Crippen LogP contribution is 2.17. The van der Waals surface area contributed by atoms with E-state index < -0.39 is 0 Å². The summed E-state index contributed by atoms with van der Waals surface area (Å²) in [5, 5.41) is 3.59. The molecule has 1 N–H and O–H groups in total. The number of morpholine rings is 1. The topological polar surface area (TPSA) is 24.5 Å². The van der Waals surface area contributed by atoms with Crippen LogP contribution in [0.1, 0.15) is 53.4 Å². The van der Waals surface area contributed by atoms with Gasteiger partial charge < -0.3 is 10.1 Å². The Morgan fingerprint density at radius 3 is 2.78 bits per heavy atom. The molecule has 18 heavy (non-hydrogen) atoms. The van der Waals surface area contributed by atoms with Gasteiger partial charge in [0.1, 0.15) is 0 Å². The van der Waals surface area contributed by atoms with Crippen molar-refractivity contribution in [2.24, 2.45) is 0 Å². The molecule has 3 heteroatoms. The molecule has 1 heterocycles. The van der Waals surface area contributed by atoms with E-state index in [0.29, 0.717) is 18.2 Å². The molecule has 1 rings (SSSR count). The van der Waals surface area contributed by atoms with Gasteiger partial charge in [0, 0.05) is 25.2 Å². The molecular weight excluding hydrogens is 224 g/mol. The van der Waals surface area contributed by atoms with Crippen molar-refractivity contribution in [3.8, 4) is 0 Å². The lowest BCUT2D eigenvalue weighted by atomic mass is 10.1. The Labute approximate surface area is 113 Å². The maximum atomic E-state index is 5.76. The summed E-state index contributed by atoms with van der Waals surface area (Å²) >= 11 is 0. The van der Waals surface area contributed by atoms with Crippen LogP contribution in [-0.4, -0.2) is 49.3 Å². The Bertz CT molecular complexity index is 211. The van der Waals surface area contributed by atoms with E-state index in [4.69, 9.17) is 4.74 Å². The Morgan fingerprint density at radius 1 is 1.33 bits per heavy atom. The van der Waals surface area contributed by atoms with Crippen LogP contribution in [0.25, 0.3) is 0 Å². The molecule has 1 saturated heterocycles. The van der Waals surface area contributed by atoms with Gasteiger partial charge in [0.15, 0.2) is 0 Å². The van der Waals surface area contributed by atoms with Gasteiger partial charge >= 0.3 is 0 Å². The molecule has 0 radical (unpaired) electrons. The number of unbranched alkanes of at least 4 members (excludes halogenated alkanes) is 2. The number of nitrogens with zero attached hydrogens (tertiary/aromatic N) is 1. The largest absolute Gasteiger partial charge is 0.376 e. The zero-order chi connectivity index (χ0) is 13.4. The van der Waals surface area contributed by atoms with Crippen LogP contribution in [0, 0.1) is 0 Å². The van der Waals surface area contributed by atoms with Crippen LogP contribution in [0.15, 0.2) is 0 Å². The van der Waals surface area contributed by atoms with Crippen molar-refractivity contribution in [2.45, 2.75) is 71.6 Å². The molecule has 1 fully saturated rings. The monoisotopic (exact) mass is 256 g/mol. The first-order chi connectivity index (χ1) is 8.69. The van der Waals surface area contributed by atoms with E-state index >= 15 is 0 Å². The fourth-order valence-corrected chi connectivity index (χ4v) is 2.69. The van der Waals surface area contributed by atoms with Crippen LogP contribution >= 0.6 is 0 Å². The molecule has 1 aliphatic rings. The summed E-state index contributed by atoms with van der Waals surface area (Å²) in [7, 11) is 0. The molecule has 3 atom stereocenters. The van der Waals surface area contributed by atoms with Crippen molar-refractivity contribution in [1.82, 2.24) is 10.2 Å². The maximum Gasteiger partial charge on any atom is 0.0674 e. The van der Waals surface area contributed by atoms with Crippen molar-refractivity contribution in [1.29, 1.82) is 0 Å². The van der Waals surface area contributed by atoms with Gasteiger partial charge in [0.2, 0.25) is 0 Å². The van der Waals surface area contributed by atoms with E-state index in [1.807, 2.05) is 0 Å². The summed E-state index contributed by atoms with van der Waals surface area (Å²) in [6, 6.07) is 1.22. The molecule has 0 aromatic rings. The van der Waals surface area contributed by atoms with Gasteiger partial charge in [-0.1, -0.05) is 26.7 Å². The molecular formula is C15H32N2O. The molecule has 1 aliphatic heterocycles. The van der Waals surface area contributed by atoms with Gasteiger partial charge in [0.05, 0.1) is 12.7 Å². The Morgan fingerprint density at radius 2 is 2.11 bits per heavy atom. The molecule has 3 unspecified atom stereocenters. The minimum Gasteiger partial charge on any atom is -0.376 e. The van der Waals surface area contributed by atoms with Crippen LogP contribution in [0.2, 0.25) is 0 Å². The molecule has 0 aromatic carbocycles. The summed E-state index contributed by atoms with van der Waals surface area (Å²) in [4.78, 5) is 2.63. The third-order valence-electron chi connectivity index (χ3n) is 3.94. The smallest absolute Gasteiger partial charge is 0.0674 e. The summed E-state index contributed by atoms with van der Waals surface area (Å²) in [6.45, 7) is 13.3. The second kappa shape index (κ2) is 8.89. The number of hydrogen-bond acceptors (Lipinski definition) is 3. The lowest BCUT2D eigenvalue weighted by Gasteiger charge is -2.42. The summed E-state index contributed by atoms with van der Waals surface area (Å²) in [5.74, 6) is 0. The highest BCUT2D eigenvalue weighted by molar-refractivity contribution is 4.82. The fourth-order valence-electron chi connectivity index (χ4n) is 2.69. The predicted octanol–water partition coefficient (Wildman–Crippen LogP) is 2.65. The Kier molecular flexibility index (Phi) is 7.87. The minimum absolute atomic E-state index is 0.385. The Hall–Kier alpha value is -0.120. The van der Waals surface area contributed by atoms with Crippen LogP contribution in [0.5, 0.6) is 0 Å². The predicted molar refractivity (Wildman–Crippen MR) is 78.1 cm³/mol. The number of nitrogens with one attached hydrogen (secondary N) is 1. The van der Waals surface area contributed by atoms with Gasteiger partial charge in [-0.2, -0.15) is 0 Å². The average molecular weight is 256 g/mol. The minimum atomic E-state index is 0.385. The number of hydrogen-bond donors (Lipinski definition) is 1. The van der Waals surface area contributed by atoms with Crippen LogP contribution in [0.4, 0.5) is 0 Å². The first-order valence-corrected chi connectivity index (χ1v) is 7.77. The van der Waals surface area contributed by atoms with Crippen molar-refractivity contribution in [3.63, 3.8) is 0 Å². The standard InChI is InChI=1S/C15H32N2O/c1-5-7-8-9-16-10-13(3)17-11-14(4)18-12-15(17)6-2/h13-16H,5-12H2,1-4H3. The second-order valence-corrected chi connectivity index (χ2v) is 5.66. The highest BCUT2D eigenvalue weighted by Gasteiger charge is 2.28. The van der Waals surface area contributed by atoms with E-state index in [0.717, 1.165) is 26.2 Å². The zero-order valence-corrected chi connectivity index (χ0v) is 12.7. The molecule has 3 nitrogen and oxygen atoms in total. The third-order valence-corrected chi connectivity index (χ3v) is 3.94. The average Bonchev–Trinajstić information content (AvgIpc) is 2.38. The maximum absolute atomic E-state index is 5.76. The lowest BCUT2D eigenvalue weighted by molar-refractivity contribution is -0.0694. The van der Waals surface area contributed by atoms with E-state index in [9.17, 15) is 0 Å². The molecule has 0 amide bonds. The van der Waals surface area contributed by atoms with Crippen molar-refractivity contribution >= 4 is 0 Å². The summed E-state index contributed by atoms with van der Waals surface area (Å²) in [5.41, 5.74) is 0. The van der Waals surface area contributed by atoms with Gasteiger partial charge in [-0.05, 0) is 33.2 Å². The van der Waals surface area contributed by atoms with E-state index in [1.165, 1.54) is 25.7 Å². The van der Waals surface area contributed by atoms with Gasteiger partial charge in [0.25, 0.3) is 0 Å². The second-order valence-electron chi connectivity index (χ2n) is 5.66. The Balaban J connectivity index is 2.26. The van der Waals surface area contributed by atoms with Crippen molar-refractivity contribution in [3.05, 3.63) is 0 Å². The first-order valence-electron chi connectivity index (χ1n) is 7.77. The molecule has 0 aromatic heterocycles. The highest BCUT2D eigenvalue weighted by atomic mass is 16.5. The molecule has 0 bridgehead atoms. The van der Waals surface area contributed by atoms with Crippen molar-refractivity contribution in [2.75, 3.05) is 26.2 Å². The quantitative estimate of drug-likeness (QED) is 0.676. The van der Waals surface area contributed by atoms with E-state index in [2.05, 4.69) is 37.9 Å². The van der Waals surface area contributed by atoms with Crippen LogP contribution in [0.3, 0.4) is 0 Å². The SMILES string of the molecule is CCCCCNCC(C)N1CC(C)OCC1CC. The fraction of sp³-hybridized carbons (Fsp3) is 1.00.